The topological polar surface area (TPSA) is 76.1 Å². The fourth-order valence-corrected chi connectivity index (χ4v) is 1.77. The van der Waals surface area contributed by atoms with E-state index in [0.717, 1.165) is 18.8 Å². The largest absolute Gasteiger partial charge is 0.422 e. The molecule has 21 heavy (non-hydrogen) atoms. The minimum absolute atomic E-state index is 0.252. The van der Waals surface area contributed by atoms with Gasteiger partial charge in [0.05, 0.1) is 6.20 Å². The maximum Gasteiger partial charge on any atom is 0.328 e. The summed E-state index contributed by atoms with van der Waals surface area (Å²) in [5.74, 6) is 1.66. The highest BCUT2D eigenvalue weighted by molar-refractivity contribution is 5.38. The molecule has 0 spiro atoms. The van der Waals surface area contributed by atoms with Gasteiger partial charge in [-0.25, -0.2) is 0 Å². The predicted molar refractivity (Wildman–Crippen MR) is 82.0 cm³/mol. The number of anilines is 2. The summed E-state index contributed by atoms with van der Waals surface area (Å²) in [4.78, 5) is 19.1. The van der Waals surface area contributed by atoms with E-state index in [2.05, 4.69) is 39.1 Å². The van der Waals surface area contributed by atoms with Crippen LogP contribution < -0.4 is 15.0 Å². The van der Waals surface area contributed by atoms with Crippen molar-refractivity contribution in [2.45, 2.75) is 20.8 Å². The molecule has 0 aliphatic carbocycles. The maximum absolute atomic E-state index is 5.66. The summed E-state index contributed by atoms with van der Waals surface area (Å²) in [6.07, 6.45) is 1.65. The Hall–Kier alpha value is -2.44. The Labute approximate surface area is 124 Å². The van der Waals surface area contributed by atoms with E-state index in [1.54, 1.807) is 13.2 Å². The van der Waals surface area contributed by atoms with Crippen LogP contribution in [0, 0.1) is 6.92 Å². The highest BCUT2D eigenvalue weighted by Crippen LogP contribution is 2.20. The van der Waals surface area contributed by atoms with Crippen molar-refractivity contribution < 1.29 is 4.74 Å². The summed E-state index contributed by atoms with van der Waals surface area (Å²) in [5, 5.41) is 2.92. The first-order valence-corrected chi connectivity index (χ1v) is 6.95. The van der Waals surface area contributed by atoms with Crippen molar-refractivity contribution in [2.24, 2.45) is 0 Å². The number of rotatable bonds is 6. The molecular weight excluding hydrogens is 268 g/mol. The molecule has 0 aliphatic rings. The zero-order valence-electron chi connectivity index (χ0n) is 12.8. The highest BCUT2D eigenvalue weighted by Gasteiger charge is 2.12. The Kier molecular flexibility index (Phi) is 4.86. The van der Waals surface area contributed by atoms with Gasteiger partial charge in [0.1, 0.15) is 5.75 Å². The van der Waals surface area contributed by atoms with Crippen molar-refractivity contribution in [3.05, 3.63) is 24.0 Å². The summed E-state index contributed by atoms with van der Waals surface area (Å²) >= 11 is 0. The number of aryl methyl sites for hydroxylation is 1. The van der Waals surface area contributed by atoms with Gasteiger partial charge in [0.15, 0.2) is 0 Å². The molecule has 0 aromatic carbocycles. The Balaban J connectivity index is 2.29. The Morgan fingerprint density at radius 3 is 2.48 bits per heavy atom. The number of hydrogen-bond donors (Lipinski definition) is 1. The number of aromatic nitrogens is 4. The van der Waals surface area contributed by atoms with Crippen LogP contribution in [0.15, 0.2) is 18.3 Å². The van der Waals surface area contributed by atoms with Crippen LogP contribution in [-0.2, 0) is 0 Å². The molecule has 0 radical (unpaired) electrons. The Bertz CT molecular complexity index is 583. The summed E-state index contributed by atoms with van der Waals surface area (Å²) < 4.78 is 5.66. The van der Waals surface area contributed by atoms with Gasteiger partial charge in [-0.1, -0.05) is 0 Å². The molecule has 2 heterocycles. The van der Waals surface area contributed by atoms with E-state index >= 15 is 0 Å². The van der Waals surface area contributed by atoms with Crippen LogP contribution in [0.2, 0.25) is 0 Å². The zero-order valence-corrected chi connectivity index (χ0v) is 12.8. The van der Waals surface area contributed by atoms with Crippen molar-refractivity contribution >= 4 is 11.9 Å². The van der Waals surface area contributed by atoms with Crippen LogP contribution in [0.1, 0.15) is 19.5 Å². The molecule has 0 aliphatic heterocycles. The van der Waals surface area contributed by atoms with E-state index in [0.29, 0.717) is 17.6 Å². The quantitative estimate of drug-likeness (QED) is 0.873. The first-order chi connectivity index (χ1) is 10.2. The van der Waals surface area contributed by atoms with Crippen molar-refractivity contribution in [1.29, 1.82) is 0 Å². The number of hydrogen-bond acceptors (Lipinski definition) is 7. The summed E-state index contributed by atoms with van der Waals surface area (Å²) in [7, 11) is 1.76. The van der Waals surface area contributed by atoms with Crippen LogP contribution in [0.5, 0.6) is 11.8 Å². The third kappa shape index (κ3) is 3.77. The third-order valence-corrected chi connectivity index (χ3v) is 2.97. The lowest BCUT2D eigenvalue weighted by Gasteiger charge is -2.19. The number of nitrogens with zero attached hydrogens (tertiary/aromatic N) is 5. The highest BCUT2D eigenvalue weighted by atomic mass is 16.5. The molecule has 2 rings (SSSR count). The molecule has 2 aromatic rings. The summed E-state index contributed by atoms with van der Waals surface area (Å²) in [6.45, 7) is 7.65. The van der Waals surface area contributed by atoms with Crippen LogP contribution in [-0.4, -0.2) is 40.1 Å². The first kappa shape index (κ1) is 15.0. The van der Waals surface area contributed by atoms with Gasteiger partial charge in [-0.05, 0) is 32.9 Å². The minimum atomic E-state index is 0.252. The summed E-state index contributed by atoms with van der Waals surface area (Å²) in [5.41, 5.74) is 0.928. The van der Waals surface area contributed by atoms with Crippen molar-refractivity contribution in [2.75, 3.05) is 30.4 Å². The number of ether oxygens (including phenoxy) is 1. The molecule has 0 saturated heterocycles. The number of pyridine rings is 1. The lowest BCUT2D eigenvalue weighted by molar-refractivity contribution is 0.438. The van der Waals surface area contributed by atoms with Gasteiger partial charge in [-0.15, -0.1) is 0 Å². The molecule has 1 N–H and O–H groups in total. The average molecular weight is 288 g/mol. The molecule has 0 fully saturated rings. The lowest BCUT2D eigenvalue weighted by atomic mass is 10.4. The van der Waals surface area contributed by atoms with Crippen molar-refractivity contribution in [3.63, 3.8) is 0 Å². The molecule has 0 bridgehead atoms. The monoisotopic (exact) mass is 288 g/mol. The van der Waals surface area contributed by atoms with E-state index in [1.165, 1.54) is 0 Å². The van der Waals surface area contributed by atoms with E-state index in [-0.39, 0.29) is 6.01 Å². The van der Waals surface area contributed by atoms with Crippen molar-refractivity contribution in [1.82, 2.24) is 19.9 Å². The smallest absolute Gasteiger partial charge is 0.328 e. The molecular formula is C14H20N6O. The summed E-state index contributed by atoms with van der Waals surface area (Å²) in [6, 6.07) is 3.96. The second-order valence-electron chi connectivity index (χ2n) is 4.40. The molecule has 0 unspecified atom stereocenters. The average Bonchev–Trinajstić information content (AvgIpc) is 2.50. The van der Waals surface area contributed by atoms with Crippen molar-refractivity contribution in [3.8, 4) is 11.8 Å². The first-order valence-electron chi connectivity index (χ1n) is 6.95. The van der Waals surface area contributed by atoms with Gasteiger partial charge in [-0.3, -0.25) is 4.98 Å². The second kappa shape index (κ2) is 6.83. The maximum atomic E-state index is 5.66. The molecule has 0 atom stereocenters. The third-order valence-electron chi connectivity index (χ3n) is 2.97. The molecule has 7 nitrogen and oxygen atoms in total. The zero-order chi connectivity index (χ0) is 15.2. The van der Waals surface area contributed by atoms with Crippen LogP contribution in [0.25, 0.3) is 0 Å². The standard InChI is InChI=1S/C14H20N6O/c1-5-20(6-2)13-17-12(15-4)18-14(19-13)21-11-8-7-10(3)16-9-11/h7-9H,5-6H2,1-4H3,(H,15,17,18,19). The SMILES string of the molecule is CCN(CC)c1nc(NC)nc(Oc2ccc(C)nc2)n1. The fourth-order valence-electron chi connectivity index (χ4n) is 1.77. The van der Waals surface area contributed by atoms with Crippen LogP contribution >= 0.6 is 0 Å². The lowest BCUT2D eigenvalue weighted by Crippen LogP contribution is -2.25. The minimum Gasteiger partial charge on any atom is -0.422 e. The predicted octanol–water partition coefficient (Wildman–Crippen LogP) is 2.26. The van der Waals surface area contributed by atoms with Crippen LogP contribution in [0.3, 0.4) is 0 Å². The van der Waals surface area contributed by atoms with Gasteiger partial charge in [0.25, 0.3) is 0 Å². The Morgan fingerprint density at radius 1 is 1.14 bits per heavy atom. The van der Waals surface area contributed by atoms with E-state index in [9.17, 15) is 0 Å². The van der Waals surface area contributed by atoms with Gasteiger partial charge >= 0.3 is 6.01 Å². The fraction of sp³-hybridized carbons (Fsp3) is 0.429. The normalized spacial score (nSPS) is 10.3. The molecule has 0 amide bonds. The van der Waals surface area contributed by atoms with Gasteiger partial charge < -0.3 is 15.0 Å². The number of nitrogens with one attached hydrogen (secondary N) is 1. The van der Waals surface area contributed by atoms with Crippen LogP contribution in [0.4, 0.5) is 11.9 Å². The van der Waals surface area contributed by atoms with E-state index in [4.69, 9.17) is 4.74 Å². The van der Waals surface area contributed by atoms with Gasteiger partial charge in [0, 0.05) is 25.8 Å². The molecule has 112 valence electrons. The van der Waals surface area contributed by atoms with Gasteiger partial charge in [-0.2, -0.15) is 15.0 Å². The molecule has 2 aromatic heterocycles. The van der Waals surface area contributed by atoms with E-state index in [1.807, 2.05) is 24.0 Å². The van der Waals surface area contributed by atoms with E-state index < -0.39 is 0 Å². The molecule has 7 heteroatoms. The Morgan fingerprint density at radius 2 is 1.90 bits per heavy atom. The van der Waals surface area contributed by atoms with Gasteiger partial charge in [0.2, 0.25) is 11.9 Å². The molecule has 0 saturated carbocycles. The second-order valence-corrected chi connectivity index (χ2v) is 4.40.